The second-order valence-corrected chi connectivity index (χ2v) is 12.6. The predicted octanol–water partition coefficient (Wildman–Crippen LogP) is 5.59. The van der Waals surface area contributed by atoms with Gasteiger partial charge in [0.15, 0.2) is 0 Å². The lowest BCUT2D eigenvalue weighted by atomic mass is 10.1. The largest absolute Gasteiger partial charge is 0.352 e. The molecule has 0 aliphatic heterocycles. The van der Waals surface area contributed by atoms with E-state index in [1.165, 1.54) is 17.0 Å². The molecule has 0 spiro atoms. The summed E-state index contributed by atoms with van der Waals surface area (Å²) < 4.78 is 29.6. The molecule has 9 heteroatoms. The van der Waals surface area contributed by atoms with Crippen LogP contribution in [0.2, 0.25) is 0 Å². The van der Waals surface area contributed by atoms with Crippen LogP contribution < -0.4 is 9.62 Å². The highest BCUT2D eigenvalue weighted by Gasteiger charge is 2.32. The van der Waals surface area contributed by atoms with Gasteiger partial charge < -0.3 is 10.2 Å². The fourth-order valence-corrected chi connectivity index (χ4v) is 5.71. The van der Waals surface area contributed by atoms with Crippen LogP contribution in [0.1, 0.15) is 43.9 Å². The molecule has 0 aromatic heterocycles. The minimum atomic E-state index is -4.09. The van der Waals surface area contributed by atoms with Crippen molar-refractivity contribution in [1.82, 2.24) is 10.2 Å². The van der Waals surface area contributed by atoms with Crippen LogP contribution in [0, 0.1) is 13.8 Å². The van der Waals surface area contributed by atoms with Gasteiger partial charge in [0, 0.05) is 17.1 Å². The Kier molecular flexibility index (Phi) is 10.3. The van der Waals surface area contributed by atoms with Crippen molar-refractivity contribution in [1.29, 1.82) is 0 Å². The minimum Gasteiger partial charge on any atom is -0.352 e. The maximum absolute atomic E-state index is 13.9. The molecular formula is C30H36BrN3O4S. The Morgan fingerprint density at radius 1 is 0.923 bits per heavy atom. The summed E-state index contributed by atoms with van der Waals surface area (Å²) in [7, 11) is -4.09. The number of carbonyl (C=O) groups excluding carboxylic acids is 2. The van der Waals surface area contributed by atoms with Crippen molar-refractivity contribution in [3.05, 3.63) is 94.0 Å². The SMILES string of the molecule is CC[C@@H](C)NC(=O)[C@@H](C)N(Cc1cccc(C)c1)C(=O)CN(c1ccc(Br)cc1)S(=O)(=O)c1ccc(C)cc1. The molecule has 0 heterocycles. The van der Waals surface area contributed by atoms with Crippen molar-refractivity contribution in [2.75, 3.05) is 10.8 Å². The average Bonchev–Trinajstić information content (AvgIpc) is 2.90. The third-order valence-corrected chi connectivity index (χ3v) is 8.92. The van der Waals surface area contributed by atoms with Crippen molar-refractivity contribution in [3.63, 3.8) is 0 Å². The molecule has 0 fully saturated rings. The van der Waals surface area contributed by atoms with Gasteiger partial charge in [0.1, 0.15) is 12.6 Å². The quantitative estimate of drug-likeness (QED) is 0.305. The van der Waals surface area contributed by atoms with E-state index in [1.54, 1.807) is 43.3 Å². The Bertz CT molecular complexity index is 1390. The zero-order valence-electron chi connectivity index (χ0n) is 23.0. The number of amides is 2. The third kappa shape index (κ3) is 7.92. The smallest absolute Gasteiger partial charge is 0.264 e. The van der Waals surface area contributed by atoms with Crippen molar-refractivity contribution >= 4 is 43.5 Å². The predicted molar refractivity (Wildman–Crippen MR) is 159 cm³/mol. The second kappa shape index (κ2) is 13.3. The number of aryl methyl sites for hydroxylation is 2. The van der Waals surface area contributed by atoms with Crippen LogP contribution in [0.25, 0.3) is 0 Å². The summed E-state index contributed by atoms with van der Waals surface area (Å²) in [5.41, 5.74) is 3.14. The fraction of sp³-hybridized carbons (Fsp3) is 0.333. The number of nitrogens with zero attached hydrogens (tertiary/aromatic N) is 2. The van der Waals surface area contributed by atoms with Crippen LogP contribution in [-0.2, 0) is 26.2 Å². The number of anilines is 1. The molecule has 0 saturated carbocycles. The summed E-state index contributed by atoms with van der Waals surface area (Å²) in [4.78, 5) is 28.6. The normalized spacial score (nSPS) is 12.9. The molecule has 3 rings (SSSR count). The lowest BCUT2D eigenvalue weighted by Gasteiger charge is -2.32. The highest BCUT2D eigenvalue weighted by atomic mass is 79.9. The van der Waals surface area contributed by atoms with Gasteiger partial charge in [-0.2, -0.15) is 0 Å². The summed E-state index contributed by atoms with van der Waals surface area (Å²) in [6.07, 6.45) is 0.746. The monoisotopic (exact) mass is 613 g/mol. The van der Waals surface area contributed by atoms with E-state index in [9.17, 15) is 18.0 Å². The molecule has 3 aromatic carbocycles. The first-order valence-corrected chi connectivity index (χ1v) is 15.2. The summed E-state index contributed by atoms with van der Waals surface area (Å²) >= 11 is 3.39. The lowest BCUT2D eigenvalue weighted by molar-refractivity contribution is -0.139. The van der Waals surface area contributed by atoms with Gasteiger partial charge in [-0.3, -0.25) is 13.9 Å². The molecule has 3 aromatic rings. The van der Waals surface area contributed by atoms with Crippen LogP contribution >= 0.6 is 15.9 Å². The molecule has 0 aliphatic carbocycles. The first-order chi connectivity index (χ1) is 18.4. The molecule has 0 radical (unpaired) electrons. The maximum Gasteiger partial charge on any atom is 0.264 e. The van der Waals surface area contributed by atoms with Gasteiger partial charge in [0.2, 0.25) is 11.8 Å². The number of hydrogen-bond donors (Lipinski definition) is 1. The highest BCUT2D eigenvalue weighted by Crippen LogP contribution is 2.26. The van der Waals surface area contributed by atoms with Gasteiger partial charge >= 0.3 is 0 Å². The van der Waals surface area contributed by atoms with Gasteiger partial charge in [-0.1, -0.05) is 70.4 Å². The van der Waals surface area contributed by atoms with Gasteiger partial charge in [0.05, 0.1) is 10.6 Å². The van der Waals surface area contributed by atoms with E-state index in [0.29, 0.717) is 5.69 Å². The molecule has 2 amide bonds. The number of rotatable bonds is 11. The zero-order valence-corrected chi connectivity index (χ0v) is 25.4. The van der Waals surface area contributed by atoms with Crippen molar-refractivity contribution in [2.24, 2.45) is 0 Å². The van der Waals surface area contributed by atoms with E-state index in [-0.39, 0.29) is 23.4 Å². The average molecular weight is 615 g/mol. The van der Waals surface area contributed by atoms with Crippen molar-refractivity contribution in [2.45, 2.75) is 64.6 Å². The van der Waals surface area contributed by atoms with E-state index >= 15 is 0 Å². The van der Waals surface area contributed by atoms with E-state index in [4.69, 9.17) is 0 Å². The van der Waals surface area contributed by atoms with Crippen LogP contribution in [0.4, 0.5) is 5.69 Å². The molecular weight excluding hydrogens is 578 g/mol. The van der Waals surface area contributed by atoms with Crippen LogP contribution in [0.3, 0.4) is 0 Å². The Morgan fingerprint density at radius 3 is 2.15 bits per heavy atom. The molecule has 1 N–H and O–H groups in total. The molecule has 2 atom stereocenters. The highest BCUT2D eigenvalue weighted by molar-refractivity contribution is 9.10. The zero-order chi connectivity index (χ0) is 28.7. The van der Waals surface area contributed by atoms with E-state index in [0.717, 1.165) is 31.9 Å². The third-order valence-electron chi connectivity index (χ3n) is 6.61. The summed E-state index contributed by atoms with van der Waals surface area (Å²) in [6.45, 7) is 9.07. The van der Waals surface area contributed by atoms with E-state index in [1.807, 2.05) is 52.0 Å². The van der Waals surface area contributed by atoms with Crippen molar-refractivity contribution < 1.29 is 18.0 Å². The second-order valence-electron chi connectivity index (χ2n) is 9.81. The van der Waals surface area contributed by atoms with Gasteiger partial charge in [-0.05, 0) is 76.1 Å². The first kappa shape index (κ1) is 30.4. The van der Waals surface area contributed by atoms with Crippen LogP contribution in [0.15, 0.2) is 82.2 Å². The molecule has 0 unspecified atom stereocenters. The maximum atomic E-state index is 13.9. The van der Waals surface area contributed by atoms with Crippen LogP contribution in [-0.4, -0.2) is 43.8 Å². The Labute approximate surface area is 240 Å². The van der Waals surface area contributed by atoms with Gasteiger partial charge in [0.25, 0.3) is 10.0 Å². The Hall–Kier alpha value is -3.17. The Morgan fingerprint density at radius 2 is 1.56 bits per heavy atom. The lowest BCUT2D eigenvalue weighted by Crippen LogP contribution is -2.52. The number of halogens is 1. The number of hydrogen-bond acceptors (Lipinski definition) is 4. The molecule has 7 nitrogen and oxygen atoms in total. The van der Waals surface area contributed by atoms with E-state index < -0.39 is 28.5 Å². The van der Waals surface area contributed by atoms with Gasteiger partial charge in [-0.25, -0.2) is 8.42 Å². The number of nitrogens with one attached hydrogen (secondary N) is 1. The first-order valence-electron chi connectivity index (χ1n) is 12.9. The standard InChI is InChI=1S/C30H36BrN3O4S/c1-6-23(4)32-30(36)24(5)33(19-25-9-7-8-22(3)18-25)29(35)20-34(27-14-12-26(31)13-15-27)39(37,38)28-16-10-21(2)11-17-28/h7-18,23-24H,6,19-20H2,1-5H3,(H,32,36)/t23-,24-/m1/s1. The molecule has 0 aliphatic rings. The molecule has 0 saturated heterocycles. The molecule has 208 valence electrons. The van der Waals surface area contributed by atoms with Crippen LogP contribution in [0.5, 0.6) is 0 Å². The number of benzene rings is 3. The summed E-state index contributed by atoms with van der Waals surface area (Å²) in [5.74, 6) is -0.774. The van der Waals surface area contributed by atoms with Crippen molar-refractivity contribution in [3.8, 4) is 0 Å². The topological polar surface area (TPSA) is 86.8 Å². The number of sulfonamides is 1. The number of carbonyl (C=O) groups is 2. The summed E-state index contributed by atoms with van der Waals surface area (Å²) in [5, 5.41) is 2.94. The molecule has 39 heavy (non-hydrogen) atoms. The summed E-state index contributed by atoms with van der Waals surface area (Å²) in [6, 6.07) is 20.1. The minimum absolute atomic E-state index is 0.0583. The van der Waals surface area contributed by atoms with Gasteiger partial charge in [-0.15, -0.1) is 0 Å². The molecule has 0 bridgehead atoms. The van der Waals surface area contributed by atoms with E-state index in [2.05, 4.69) is 21.2 Å². The Balaban J connectivity index is 2.02. The fourth-order valence-electron chi connectivity index (χ4n) is 4.03.